The van der Waals surface area contributed by atoms with E-state index in [1.54, 1.807) is 37.4 Å². The van der Waals surface area contributed by atoms with Gasteiger partial charge in [0, 0.05) is 47.0 Å². The van der Waals surface area contributed by atoms with E-state index in [0.717, 1.165) is 31.1 Å². The predicted octanol–water partition coefficient (Wildman–Crippen LogP) is 2.05. The van der Waals surface area contributed by atoms with Gasteiger partial charge in [-0.15, -0.1) is 0 Å². The molecule has 2 atom stereocenters. The number of aromatic amines is 2. The third kappa shape index (κ3) is 4.51. The molecule has 4 heterocycles. The maximum absolute atomic E-state index is 12.9. The summed E-state index contributed by atoms with van der Waals surface area (Å²) in [6.45, 7) is 1.60. The van der Waals surface area contributed by atoms with Crippen molar-refractivity contribution in [2.45, 2.75) is 62.0 Å². The third-order valence-corrected chi connectivity index (χ3v) is 7.43. The summed E-state index contributed by atoms with van der Waals surface area (Å²) in [5.74, 6) is -0.745. The Hall–Kier alpha value is -2.69. The number of H-pyrrole nitrogens is 2. The minimum Gasteiger partial charge on any atom is -0.481 e. The summed E-state index contributed by atoms with van der Waals surface area (Å²) in [6.07, 6.45) is 5.82. The average molecular weight is 447 g/mol. The van der Waals surface area contributed by atoms with Crippen LogP contribution < -0.4 is 15.6 Å². The van der Waals surface area contributed by atoms with Crippen molar-refractivity contribution in [2.24, 2.45) is 0 Å². The van der Waals surface area contributed by atoms with Crippen molar-refractivity contribution in [3.8, 4) is 0 Å². The molecule has 2 aliphatic heterocycles. The molecule has 0 amide bonds. The van der Waals surface area contributed by atoms with Gasteiger partial charge in [0.1, 0.15) is 5.52 Å². The monoisotopic (exact) mass is 446 g/mol. The van der Waals surface area contributed by atoms with Crippen LogP contribution in [0.3, 0.4) is 0 Å². The van der Waals surface area contributed by atoms with Crippen molar-refractivity contribution < 1.29 is 18.3 Å². The van der Waals surface area contributed by atoms with Crippen LogP contribution in [-0.2, 0) is 14.8 Å². The normalized spacial score (nSPS) is 22.9. The lowest BCUT2D eigenvalue weighted by Gasteiger charge is -2.29. The van der Waals surface area contributed by atoms with Gasteiger partial charge in [-0.3, -0.25) is 9.59 Å². The molecule has 0 spiro atoms. The molecule has 2 bridgehead atoms. The predicted molar refractivity (Wildman–Crippen MR) is 118 cm³/mol. The summed E-state index contributed by atoms with van der Waals surface area (Å²) in [7, 11) is -3.61. The lowest BCUT2D eigenvalue weighted by Crippen LogP contribution is -2.47. The molecule has 2 fully saturated rings. The number of carboxylic acids is 1. The molecule has 0 saturated carbocycles. The minimum absolute atomic E-state index is 0.0303. The highest BCUT2D eigenvalue weighted by Crippen LogP contribution is 2.28. The highest BCUT2D eigenvalue weighted by atomic mass is 32.2. The van der Waals surface area contributed by atoms with Gasteiger partial charge in [-0.25, -0.2) is 13.1 Å². The fraction of sp³-hybridized carbons (Fsp3) is 0.429. The number of fused-ring (bicyclic) bond motifs is 5. The highest BCUT2D eigenvalue weighted by Gasteiger charge is 2.35. The third-order valence-electron chi connectivity index (χ3n) is 5.91. The number of aliphatic carboxylic acids is 1. The van der Waals surface area contributed by atoms with E-state index >= 15 is 0 Å². The van der Waals surface area contributed by atoms with Crippen LogP contribution >= 0.6 is 0 Å². The van der Waals surface area contributed by atoms with E-state index in [0.29, 0.717) is 28.5 Å². The maximum Gasteiger partial charge on any atom is 0.303 e. The first-order valence-electron chi connectivity index (χ1n) is 10.4. The quantitative estimate of drug-likeness (QED) is 0.415. The second kappa shape index (κ2) is 8.45. The summed E-state index contributed by atoms with van der Waals surface area (Å²) < 4.78 is 28.7. The average Bonchev–Trinajstić information content (AvgIpc) is 3.35. The Balaban J connectivity index is 0.000000418. The van der Waals surface area contributed by atoms with E-state index in [1.807, 2.05) is 0 Å². The first-order chi connectivity index (χ1) is 14.8. The Morgan fingerprint density at radius 1 is 1.16 bits per heavy atom. The van der Waals surface area contributed by atoms with Gasteiger partial charge in [-0.1, -0.05) is 6.92 Å². The smallest absolute Gasteiger partial charge is 0.303 e. The molecule has 166 valence electrons. The van der Waals surface area contributed by atoms with Crippen molar-refractivity contribution in [3.05, 3.63) is 40.8 Å². The van der Waals surface area contributed by atoms with Gasteiger partial charge in [0.15, 0.2) is 0 Å². The lowest BCUT2D eigenvalue weighted by atomic mass is 10.0. The Labute approximate surface area is 179 Å². The van der Waals surface area contributed by atoms with Gasteiger partial charge < -0.3 is 20.4 Å². The van der Waals surface area contributed by atoms with Crippen molar-refractivity contribution in [3.63, 3.8) is 0 Å². The SMILES string of the molecule is CCC(=O)O.O=c1[nH]c2ccc(S(=O)(=O)NC3CC4CCC(C3)N4)cc2c2cc[nH]c12. The van der Waals surface area contributed by atoms with Gasteiger partial charge in [-0.2, -0.15) is 0 Å². The number of hydrogen-bond donors (Lipinski definition) is 5. The van der Waals surface area contributed by atoms with E-state index in [4.69, 9.17) is 5.11 Å². The van der Waals surface area contributed by atoms with Gasteiger partial charge in [0.25, 0.3) is 5.56 Å². The van der Waals surface area contributed by atoms with Crippen molar-refractivity contribution in [1.29, 1.82) is 0 Å². The summed E-state index contributed by atoms with van der Waals surface area (Å²) in [5, 5.41) is 12.7. The van der Waals surface area contributed by atoms with Crippen LogP contribution in [0.5, 0.6) is 0 Å². The largest absolute Gasteiger partial charge is 0.481 e. The molecule has 0 radical (unpaired) electrons. The van der Waals surface area contributed by atoms with Crippen LogP contribution in [0.2, 0.25) is 0 Å². The number of carbonyl (C=O) groups is 1. The van der Waals surface area contributed by atoms with E-state index in [9.17, 15) is 18.0 Å². The van der Waals surface area contributed by atoms with Crippen LogP contribution in [0, 0.1) is 0 Å². The fourth-order valence-electron chi connectivity index (χ4n) is 4.43. The second-order valence-corrected chi connectivity index (χ2v) is 9.82. The zero-order valence-corrected chi connectivity index (χ0v) is 18.0. The first-order valence-corrected chi connectivity index (χ1v) is 11.9. The lowest BCUT2D eigenvalue weighted by molar-refractivity contribution is -0.136. The molecule has 1 aromatic carbocycles. The van der Waals surface area contributed by atoms with Crippen LogP contribution in [0.25, 0.3) is 21.8 Å². The zero-order valence-electron chi connectivity index (χ0n) is 17.1. The molecule has 2 saturated heterocycles. The topological polar surface area (TPSA) is 144 Å². The molecule has 2 aliphatic rings. The van der Waals surface area contributed by atoms with Gasteiger partial charge >= 0.3 is 5.97 Å². The van der Waals surface area contributed by atoms with Gasteiger partial charge in [0.2, 0.25) is 10.0 Å². The molecular formula is C21H26N4O5S. The second-order valence-electron chi connectivity index (χ2n) is 8.10. The standard InChI is InChI=1S/C18H20N4O3S.C3H6O2/c23-18-17-14(5-6-19-17)15-9-13(3-4-16(15)21-18)26(24,25)22-12-7-10-1-2-11(8-12)20-10;1-2-3(4)5/h3-6,9-12,19-20,22H,1-2,7-8H2,(H,21,23);2H2,1H3,(H,4,5). The maximum atomic E-state index is 12.9. The van der Waals surface area contributed by atoms with Crippen molar-refractivity contribution in [1.82, 2.24) is 20.0 Å². The van der Waals surface area contributed by atoms with E-state index in [2.05, 4.69) is 20.0 Å². The van der Waals surface area contributed by atoms with E-state index < -0.39 is 16.0 Å². The summed E-state index contributed by atoms with van der Waals surface area (Å²) in [4.78, 5) is 27.3. The highest BCUT2D eigenvalue weighted by molar-refractivity contribution is 7.89. The first kappa shape index (κ1) is 21.5. The summed E-state index contributed by atoms with van der Waals surface area (Å²) >= 11 is 0. The van der Waals surface area contributed by atoms with Crippen LogP contribution in [-0.4, -0.2) is 47.6 Å². The number of piperidine rings is 1. The van der Waals surface area contributed by atoms with Crippen molar-refractivity contribution >= 4 is 37.8 Å². The van der Waals surface area contributed by atoms with Crippen LogP contribution in [0.15, 0.2) is 40.2 Å². The Kier molecular flexibility index (Phi) is 5.87. The Morgan fingerprint density at radius 2 is 1.84 bits per heavy atom. The molecule has 0 aliphatic carbocycles. The van der Waals surface area contributed by atoms with E-state index in [-0.39, 0.29) is 22.9 Å². The fourth-order valence-corrected chi connectivity index (χ4v) is 5.72. The number of pyridine rings is 1. The molecule has 31 heavy (non-hydrogen) atoms. The Morgan fingerprint density at radius 3 is 2.48 bits per heavy atom. The number of nitrogens with one attached hydrogen (secondary N) is 4. The minimum atomic E-state index is -3.61. The van der Waals surface area contributed by atoms with Gasteiger partial charge in [0.05, 0.1) is 4.90 Å². The molecule has 9 nitrogen and oxygen atoms in total. The molecule has 10 heteroatoms. The number of aromatic nitrogens is 2. The molecule has 5 N–H and O–H groups in total. The molecule has 5 rings (SSSR count). The number of hydrogen-bond acceptors (Lipinski definition) is 5. The number of rotatable bonds is 4. The number of carboxylic acid groups (broad SMARTS) is 1. The van der Waals surface area contributed by atoms with E-state index in [1.165, 1.54) is 0 Å². The molecule has 3 aromatic rings. The Bertz CT molecular complexity index is 1270. The number of sulfonamides is 1. The van der Waals surface area contributed by atoms with Gasteiger partial charge in [-0.05, 0) is 49.9 Å². The molecule has 2 aromatic heterocycles. The van der Waals surface area contributed by atoms with Crippen LogP contribution in [0.1, 0.15) is 39.0 Å². The van der Waals surface area contributed by atoms with Crippen molar-refractivity contribution in [2.75, 3.05) is 0 Å². The summed E-state index contributed by atoms with van der Waals surface area (Å²) in [6, 6.07) is 7.45. The number of benzene rings is 1. The molecular weight excluding hydrogens is 420 g/mol. The molecule has 2 unspecified atom stereocenters. The van der Waals surface area contributed by atoms with Crippen LogP contribution in [0.4, 0.5) is 0 Å². The summed E-state index contributed by atoms with van der Waals surface area (Å²) in [5.41, 5.74) is 0.868. The zero-order chi connectivity index (χ0) is 22.2.